The van der Waals surface area contributed by atoms with Crippen LogP contribution in [0.1, 0.15) is 43.1 Å². The number of anilines is 1. The van der Waals surface area contributed by atoms with Gasteiger partial charge in [-0.05, 0) is 24.0 Å². The summed E-state index contributed by atoms with van der Waals surface area (Å²) >= 11 is 0. The Hall–Kier alpha value is -3.90. The number of fused-ring (bicyclic) bond motifs is 1. The Morgan fingerprint density at radius 3 is 2.32 bits per heavy atom. The molecule has 10 nitrogen and oxygen atoms in total. The number of amides is 2. The minimum Gasteiger partial charge on any atom is -0.444 e. The van der Waals surface area contributed by atoms with Crippen molar-refractivity contribution in [3.63, 3.8) is 0 Å². The highest BCUT2D eigenvalue weighted by atomic mass is 19.4. The highest BCUT2D eigenvalue weighted by Gasteiger charge is 2.32. The molecule has 1 saturated heterocycles. The van der Waals surface area contributed by atoms with Gasteiger partial charge in [0.25, 0.3) is 5.91 Å². The van der Waals surface area contributed by atoms with E-state index in [1.165, 1.54) is 0 Å². The number of nitrogens with zero attached hydrogens (tertiary/aromatic N) is 6. The number of hydrogen-bond donors (Lipinski definition) is 1. The van der Waals surface area contributed by atoms with Gasteiger partial charge in [0.05, 0.1) is 23.2 Å². The third-order valence-electron chi connectivity index (χ3n) is 6.20. The van der Waals surface area contributed by atoms with Crippen LogP contribution < -0.4 is 10.6 Å². The molecule has 13 heteroatoms. The molecule has 0 bridgehead atoms. The molecule has 3 aromatic rings. The molecule has 1 aliphatic heterocycles. The van der Waals surface area contributed by atoms with Gasteiger partial charge in [-0.3, -0.25) is 9.78 Å². The van der Waals surface area contributed by atoms with Crippen LogP contribution in [0.2, 0.25) is 0 Å². The van der Waals surface area contributed by atoms with Crippen LogP contribution in [0.3, 0.4) is 0 Å². The van der Waals surface area contributed by atoms with Gasteiger partial charge in [-0.2, -0.15) is 13.2 Å². The predicted molar refractivity (Wildman–Crippen MR) is 133 cm³/mol. The number of carbonyl (C=O) groups is 2. The highest BCUT2D eigenvalue weighted by molar-refractivity contribution is 6.05. The maximum atomic E-state index is 13.5. The standard InChI is InChI=1S/C25H30F3N7O3/c1-24(2,3)11-17(38-22(29)37)14-35-15-18(20-19(35)5-4-6-30-20)21(36)33-7-9-34(10-8-33)23-31-12-16(13-32-23)25(26,27)28/h4-6,12-13,15,17H,7-11,14H2,1-3H3,(H2,29,37). The van der Waals surface area contributed by atoms with Gasteiger partial charge in [-0.25, -0.2) is 14.8 Å². The molecule has 1 fully saturated rings. The van der Waals surface area contributed by atoms with Crippen molar-refractivity contribution in [1.82, 2.24) is 24.4 Å². The Balaban J connectivity index is 1.50. The third-order valence-corrected chi connectivity index (χ3v) is 6.20. The normalized spacial score (nSPS) is 15.5. The quantitative estimate of drug-likeness (QED) is 0.513. The van der Waals surface area contributed by atoms with Crippen molar-refractivity contribution < 1.29 is 27.5 Å². The summed E-state index contributed by atoms with van der Waals surface area (Å²) in [6.07, 6.45) is -0.465. The molecule has 1 aliphatic rings. The minimum absolute atomic E-state index is 0.129. The molecular weight excluding hydrogens is 503 g/mol. The number of rotatable bonds is 6. The molecule has 0 aliphatic carbocycles. The zero-order valence-electron chi connectivity index (χ0n) is 21.4. The summed E-state index contributed by atoms with van der Waals surface area (Å²) in [5, 5.41) is 0. The Labute approximate surface area is 217 Å². The fourth-order valence-electron chi connectivity index (χ4n) is 4.55. The van der Waals surface area contributed by atoms with Crippen molar-refractivity contribution in [3.8, 4) is 0 Å². The molecule has 3 aromatic heterocycles. The summed E-state index contributed by atoms with van der Waals surface area (Å²) in [5.41, 5.74) is 5.92. The van der Waals surface area contributed by atoms with Crippen LogP contribution in [0.15, 0.2) is 36.9 Å². The van der Waals surface area contributed by atoms with E-state index in [0.717, 1.165) is 17.9 Å². The average Bonchev–Trinajstić information content (AvgIpc) is 3.20. The second-order valence-electron chi connectivity index (χ2n) is 10.4. The Bertz CT molecular complexity index is 1290. The van der Waals surface area contributed by atoms with E-state index < -0.39 is 23.9 Å². The van der Waals surface area contributed by atoms with Gasteiger partial charge < -0.3 is 24.8 Å². The monoisotopic (exact) mass is 533 g/mol. The zero-order chi connectivity index (χ0) is 27.7. The first-order valence-electron chi connectivity index (χ1n) is 12.2. The van der Waals surface area contributed by atoms with Gasteiger partial charge in [-0.1, -0.05) is 20.8 Å². The first-order valence-corrected chi connectivity index (χ1v) is 12.2. The van der Waals surface area contributed by atoms with Gasteiger partial charge in [0.1, 0.15) is 11.6 Å². The maximum Gasteiger partial charge on any atom is 0.419 e. The lowest BCUT2D eigenvalue weighted by atomic mass is 9.89. The van der Waals surface area contributed by atoms with Crippen LogP contribution in [-0.2, 0) is 17.5 Å². The van der Waals surface area contributed by atoms with Crippen molar-refractivity contribution >= 4 is 29.0 Å². The van der Waals surface area contributed by atoms with E-state index in [4.69, 9.17) is 10.5 Å². The minimum atomic E-state index is -4.50. The zero-order valence-corrected chi connectivity index (χ0v) is 21.4. The fourth-order valence-corrected chi connectivity index (χ4v) is 4.55. The number of nitrogens with two attached hydrogens (primary N) is 1. The van der Waals surface area contributed by atoms with E-state index in [1.807, 2.05) is 31.4 Å². The number of pyridine rings is 1. The smallest absolute Gasteiger partial charge is 0.419 e. The van der Waals surface area contributed by atoms with Crippen molar-refractivity contribution in [1.29, 1.82) is 0 Å². The summed E-state index contributed by atoms with van der Waals surface area (Å²) in [4.78, 5) is 40.6. The summed E-state index contributed by atoms with van der Waals surface area (Å²) in [7, 11) is 0. The lowest BCUT2D eigenvalue weighted by Crippen LogP contribution is -2.49. The van der Waals surface area contributed by atoms with Crippen LogP contribution in [0.4, 0.5) is 23.9 Å². The number of aromatic nitrogens is 4. The second-order valence-corrected chi connectivity index (χ2v) is 10.4. The number of halogens is 3. The van der Waals surface area contributed by atoms with Crippen LogP contribution in [0.25, 0.3) is 11.0 Å². The Morgan fingerprint density at radius 2 is 1.74 bits per heavy atom. The molecular formula is C25H30F3N7O3. The van der Waals surface area contributed by atoms with Crippen LogP contribution in [0, 0.1) is 5.41 Å². The highest BCUT2D eigenvalue weighted by Crippen LogP contribution is 2.29. The largest absolute Gasteiger partial charge is 0.444 e. The number of piperazine rings is 1. The number of carbonyl (C=O) groups excluding carboxylic acids is 2. The molecule has 4 heterocycles. The van der Waals surface area contributed by atoms with Gasteiger partial charge >= 0.3 is 12.3 Å². The van der Waals surface area contributed by atoms with Gasteiger partial charge in [0.15, 0.2) is 0 Å². The van der Waals surface area contributed by atoms with Gasteiger partial charge in [-0.15, -0.1) is 0 Å². The molecule has 1 unspecified atom stereocenters. The molecule has 38 heavy (non-hydrogen) atoms. The Kier molecular flexibility index (Phi) is 7.47. The van der Waals surface area contributed by atoms with E-state index in [2.05, 4.69) is 15.0 Å². The Morgan fingerprint density at radius 1 is 1.08 bits per heavy atom. The summed E-state index contributed by atoms with van der Waals surface area (Å²) in [6.45, 7) is 7.79. The molecule has 204 valence electrons. The molecule has 4 rings (SSSR count). The molecule has 0 radical (unpaired) electrons. The van der Waals surface area contributed by atoms with Crippen LogP contribution in [-0.4, -0.2) is 68.7 Å². The number of alkyl halides is 3. The van der Waals surface area contributed by atoms with Crippen LogP contribution in [0.5, 0.6) is 0 Å². The first kappa shape index (κ1) is 27.1. The average molecular weight is 534 g/mol. The van der Waals surface area contributed by atoms with E-state index in [-0.39, 0.29) is 17.3 Å². The van der Waals surface area contributed by atoms with Crippen molar-refractivity contribution in [2.24, 2.45) is 11.1 Å². The third kappa shape index (κ3) is 6.32. The van der Waals surface area contributed by atoms with E-state index in [0.29, 0.717) is 50.2 Å². The van der Waals surface area contributed by atoms with Crippen molar-refractivity contribution in [2.75, 3.05) is 31.1 Å². The molecule has 2 N–H and O–H groups in total. The number of hydrogen-bond acceptors (Lipinski definition) is 7. The SMILES string of the molecule is CC(C)(C)CC(Cn1cc(C(=O)N2CCN(c3ncc(C(F)(F)F)cn3)CC2)c2ncccc21)OC(N)=O. The summed E-state index contributed by atoms with van der Waals surface area (Å²) in [5.74, 6) is -0.0358. The van der Waals surface area contributed by atoms with Crippen molar-refractivity contribution in [2.45, 2.75) is 46.0 Å². The predicted octanol–water partition coefficient (Wildman–Crippen LogP) is 3.71. The fraction of sp³-hybridized carbons (Fsp3) is 0.480. The molecule has 0 aromatic carbocycles. The second kappa shape index (κ2) is 10.5. The van der Waals surface area contributed by atoms with Gasteiger partial charge in [0, 0.05) is 51.0 Å². The summed E-state index contributed by atoms with van der Waals surface area (Å²) < 4.78 is 45.6. The van der Waals surface area contributed by atoms with E-state index in [9.17, 15) is 22.8 Å². The molecule has 0 spiro atoms. The molecule has 1 atom stereocenters. The maximum absolute atomic E-state index is 13.5. The molecule has 0 saturated carbocycles. The lowest BCUT2D eigenvalue weighted by molar-refractivity contribution is -0.138. The van der Waals surface area contributed by atoms with Crippen molar-refractivity contribution in [3.05, 3.63) is 48.0 Å². The number of ether oxygens (including phenoxy) is 1. The topological polar surface area (TPSA) is 119 Å². The van der Waals surface area contributed by atoms with E-state index >= 15 is 0 Å². The molecule has 2 amide bonds. The lowest BCUT2D eigenvalue weighted by Gasteiger charge is -2.34. The summed E-state index contributed by atoms with van der Waals surface area (Å²) in [6, 6.07) is 3.61. The van der Waals surface area contributed by atoms with Crippen LogP contribution >= 0.6 is 0 Å². The van der Waals surface area contributed by atoms with E-state index in [1.54, 1.807) is 28.3 Å². The number of primary amides is 1. The first-order chi connectivity index (χ1) is 17.8. The van der Waals surface area contributed by atoms with Gasteiger partial charge in [0.2, 0.25) is 5.95 Å².